The van der Waals surface area contributed by atoms with E-state index >= 15 is 0 Å². The predicted octanol–water partition coefficient (Wildman–Crippen LogP) is 5.00. The van der Waals surface area contributed by atoms with Crippen LogP contribution in [-0.4, -0.2) is 39.1 Å². The van der Waals surface area contributed by atoms with Crippen molar-refractivity contribution >= 4 is 38.8 Å². The van der Waals surface area contributed by atoms with Gasteiger partial charge in [0, 0.05) is 31.3 Å². The van der Waals surface area contributed by atoms with Crippen LogP contribution in [-0.2, 0) is 0 Å². The quantitative estimate of drug-likeness (QED) is 0.431. The van der Waals surface area contributed by atoms with E-state index in [4.69, 9.17) is 0 Å². The highest BCUT2D eigenvalue weighted by Crippen LogP contribution is 2.20. The lowest BCUT2D eigenvalue weighted by atomic mass is 10.1. The van der Waals surface area contributed by atoms with Gasteiger partial charge in [-0.15, -0.1) is 21.5 Å². The predicted molar refractivity (Wildman–Crippen MR) is 125 cm³/mol. The molecule has 1 aliphatic rings. The number of para-hydroxylation sites is 1. The fourth-order valence-electron chi connectivity index (χ4n) is 2.77. The van der Waals surface area contributed by atoms with Gasteiger partial charge in [0.05, 0.1) is 10.2 Å². The largest absolute Gasteiger partial charge is 0.332 e. The van der Waals surface area contributed by atoms with Gasteiger partial charge in [0.25, 0.3) is 5.91 Å². The number of rotatable bonds is 2. The van der Waals surface area contributed by atoms with Gasteiger partial charge in [0.15, 0.2) is 0 Å². The second-order valence-corrected chi connectivity index (χ2v) is 8.37. The molecule has 0 fully saturated rings. The normalized spacial score (nSPS) is 12.8. The van der Waals surface area contributed by atoms with Crippen molar-refractivity contribution in [2.45, 2.75) is 41.0 Å². The molecule has 4 rings (SSSR count). The Hall–Kier alpha value is -2.83. The van der Waals surface area contributed by atoms with Gasteiger partial charge in [-0.2, -0.15) is 0 Å². The molecule has 1 aromatic carbocycles. The molecule has 0 spiro atoms. The van der Waals surface area contributed by atoms with Crippen molar-refractivity contribution in [3.8, 4) is 12.0 Å². The van der Waals surface area contributed by atoms with Crippen LogP contribution in [0, 0.1) is 24.7 Å². The van der Waals surface area contributed by atoms with E-state index in [2.05, 4.69) is 32.5 Å². The number of hydrogen-bond donors (Lipinski definition) is 1. The molecule has 0 saturated heterocycles. The molecule has 3 heterocycles. The van der Waals surface area contributed by atoms with Gasteiger partial charge in [-0.1, -0.05) is 37.2 Å². The zero-order chi connectivity index (χ0) is 22.8. The minimum Gasteiger partial charge on any atom is -0.332 e. The Labute approximate surface area is 190 Å². The Morgan fingerprint density at radius 2 is 2.03 bits per heavy atom. The monoisotopic (exact) mass is 459 g/mol. The summed E-state index contributed by atoms with van der Waals surface area (Å²) in [4.78, 5) is 17.9. The summed E-state index contributed by atoms with van der Waals surface area (Å²) < 4.78 is 13.7. The summed E-state index contributed by atoms with van der Waals surface area (Å²) >= 11 is 2.79. The van der Waals surface area contributed by atoms with Crippen molar-refractivity contribution in [2.24, 2.45) is 0 Å². The lowest BCUT2D eigenvalue weighted by Crippen LogP contribution is -2.38. The molecule has 0 atom stereocenters. The lowest BCUT2D eigenvalue weighted by molar-refractivity contribution is 0.0761. The Bertz CT molecular complexity index is 1110. The van der Waals surface area contributed by atoms with Crippen molar-refractivity contribution in [3.05, 3.63) is 50.8 Å². The number of thiazole rings is 1. The first-order valence-electron chi connectivity index (χ1n) is 9.93. The second-order valence-electron chi connectivity index (χ2n) is 6.30. The number of hydrogen-bond acceptors (Lipinski definition) is 7. The average Bonchev–Trinajstić information content (AvgIpc) is 3.44. The van der Waals surface area contributed by atoms with Crippen LogP contribution in [0.2, 0.25) is 0 Å². The molecular formula is C22H26FN5OS2. The smallest absolute Gasteiger partial charge is 0.285 e. The Morgan fingerprint density at radius 1 is 1.26 bits per heavy atom. The number of aromatic nitrogens is 3. The van der Waals surface area contributed by atoms with Crippen LogP contribution in [0.4, 0.5) is 4.39 Å². The molecule has 0 unspecified atom stereocenters. The minimum absolute atomic E-state index is 0.0365. The van der Waals surface area contributed by atoms with E-state index in [0.717, 1.165) is 27.4 Å². The third-order valence-corrected chi connectivity index (χ3v) is 5.84. The molecule has 0 radical (unpaired) electrons. The summed E-state index contributed by atoms with van der Waals surface area (Å²) in [6, 6.07) is 7.81. The third-order valence-electron chi connectivity index (χ3n) is 4.22. The van der Waals surface area contributed by atoms with E-state index in [0.29, 0.717) is 23.6 Å². The van der Waals surface area contributed by atoms with E-state index < -0.39 is 0 Å². The first-order valence-corrected chi connectivity index (χ1v) is 11.6. The summed E-state index contributed by atoms with van der Waals surface area (Å²) in [5.41, 5.74) is 4.39. The van der Waals surface area contributed by atoms with Crippen LogP contribution in [0.1, 0.15) is 48.9 Å². The Balaban J connectivity index is 0.000000237. The number of nitrogens with zero attached hydrogens (tertiary/aromatic N) is 4. The first kappa shape index (κ1) is 24.4. The third kappa shape index (κ3) is 6.57. The molecule has 3 aromatic rings. The second kappa shape index (κ2) is 12.1. The van der Waals surface area contributed by atoms with E-state index in [9.17, 15) is 9.18 Å². The first-order chi connectivity index (χ1) is 15.0. The fraction of sp³-hybridized carbons (Fsp3) is 0.364. The van der Waals surface area contributed by atoms with Crippen LogP contribution in [0.15, 0.2) is 35.0 Å². The molecule has 1 amide bonds. The number of amides is 1. The van der Waals surface area contributed by atoms with Gasteiger partial charge in [0.1, 0.15) is 16.3 Å². The summed E-state index contributed by atoms with van der Waals surface area (Å²) in [5, 5.41) is 12.2. The number of aryl methyl sites for hydroxylation is 1. The fourth-order valence-corrected chi connectivity index (χ4v) is 4.12. The van der Waals surface area contributed by atoms with Crippen LogP contribution >= 0.6 is 22.7 Å². The minimum atomic E-state index is -0.237. The molecule has 1 N–H and O–H groups in total. The number of fused-ring (bicyclic) bond motifs is 1. The number of carbonyl (C=O) groups is 1. The van der Waals surface area contributed by atoms with Crippen molar-refractivity contribution in [1.82, 2.24) is 25.4 Å². The van der Waals surface area contributed by atoms with Gasteiger partial charge in [-0.05, 0) is 38.5 Å². The van der Waals surface area contributed by atoms with Gasteiger partial charge in [-0.3, -0.25) is 4.79 Å². The highest BCUT2D eigenvalue weighted by molar-refractivity contribution is 7.16. The van der Waals surface area contributed by atoms with Gasteiger partial charge in [0.2, 0.25) is 5.01 Å². The summed E-state index contributed by atoms with van der Waals surface area (Å²) in [6.07, 6.45) is 0.796. The van der Waals surface area contributed by atoms with Crippen LogP contribution in [0.25, 0.3) is 10.2 Å². The Morgan fingerprint density at radius 3 is 2.65 bits per heavy atom. The average molecular weight is 460 g/mol. The van der Waals surface area contributed by atoms with Gasteiger partial charge < -0.3 is 10.2 Å². The number of nitrogens with one attached hydrogen (secondary N) is 1. The zero-order valence-corrected chi connectivity index (χ0v) is 20.0. The van der Waals surface area contributed by atoms with Gasteiger partial charge in [-0.25, -0.2) is 9.37 Å². The van der Waals surface area contributed by atoms with Crippen molar-refractivity contribution < 1.29 is 9.18 Å². The van der Waals surface area contributed by atoms with E-state index in [1.54, 1.807) is 23.4 Å². The number of carbonyl (C=O) groups excluding carboxylic acids is 1. The summed E-state index contributed by atoms with van der Waals surface area (Å²) in [5.74, 6) is 2.53. The van der Waals surface area contributed by atoms with Crippen molar-refractivity contribution in [1.29, 1.82) is 0 Å². The topological polar surface area (TPSA) is 71.0 Å². The summed E-state index contributed by atoms with van der Waals surface area (Å²) in [6.45, 7) is 11.0. The Kier molecular flexibility index (Phi) is 9.56. The van der Waals surface area contributed by atoms with E-state index in [1.807, 2.05) is 33.8 Å². The molecule has 0 saturated carbocycles. The maximum absolute atomic E-state index is 12.8. The molecule has 0 aliphatic carbocycles. The SMILES string of the molecule is CC.CC#CNC1=C(C)CN(C(=O)c2nnc(C)s2)CC1.Fc1cccc2scnc12. The maximum Gasteiger partial charge on any atom is 0.285 e. The van der Waals surface area contributed by atoms with Crippen molar-refractivity contribution in [2.75, 3.05) is 13.1 Å². The molecule has 9 heteroatoms. The van der Waals surface area contributed by atoms with Gasteiger partial charge >= 0.3 is 0 Å². The maximum atomic E-state index is 12.8. The summed E-state index contributed by atoms with van der Waals surface area (Å²) in [7, 11) is 0. The molecule has 31 heavy (non-hydrogen) atoms. The molecule has 0 bridgehead atoms. The number of halogens is 1. The van der Waals surface area contributed by atoms with Crippen molar-refractivity contribution in [3.63, 3.8) is 0 Å². The van der Waals surface area contributed by atoms with Crippen LogP contribution in [0.5, 0.6) is 0 Å². The molecule has 6 nitrogen and oxygen atoms in total. The highest BCUT2D eigenvalue weighted by Gasteiger charge is 2.24. The van der Waals surface area contributed by atoms with Crippen LogP contribution in [0.3, 0.4) is 0 Å². The van der Waals surface area contributed by atoms with E-state index in [1.165, 1.54) is 28.7 Å². The molecule has 164 valence electrons. The standard InChI is InChI=1S/C13H16N4OS.C7H4FNS.C2H6/c1-4-6-14-11-5-7-17(8-9(11)2)13(18)12-16-15-10(3)19-12;8-5-2-1-3-6-7(5)9-4-10-6;1-2/h14H,5,7-8H2,1-3H3;1-4H;1-2H3. The zero-order valence-electron chi connectivity index (χ0n) is 18.3. The van der Waals surface area contributed by atoms with E-state index in [-0.39, 0.29) is 11.7 Å². The molecular weight excluding hydrogens is 433 g/mol. The highest BCUT2D eigenvalue weighted by atomic mass is 32.1. The van der Waals surface area contributed by atoms with Crippen LogP contribution < -0.4 is 5.32 Å². The number of benzene rings is 1. The molecule has 2 aromatic heterocycles. The molecule has 1 aliphatic heterocycles. The lowest BCUT2D eigenvalue weighted by Gasteiger charge is -2.28.